The minimum atomic E-state index is -0.555. The number of fused-ring (bicyclic) bond motifs is 14. The van der Waals surface area contributed by atoms with Crippen LogP contribution in [-0.2, 0) is 50.7 Å². The Morgan fingerprint density at radius 1 is 0.643 bits per heavy atom. The normalized spacial score (nSPS) is 21.7. The lowest BCUT2D eigenvalue weighted by Crippen LogP contribution is -2.73. The molecule has 19 nitrogen and oxygen atoms in total. The van der Waals surface area contributed by atoms with Crippen LogP contribution in [0.1, 0.15) is 101 Å². The molecule has 0 bridgehead atoms. The zero-order chi connectivity index (χ0) is 57.2. The minimum absolute atomic E-state index is 0.00304. The summed E-state index contributed by atoms with van der Waals surface area (Å²) in [4.78, 5) is 71.0. The molecule has 10 heterocycles. The maximum absolute atomic E-state index is 13.6. The van der Waals surface area contributed by atoms with E-state index in [1.165, 1.54) is 5.56 Å². The molecule has 16 rings (SSSR count). The second-order valence-corrected chi connectivity index (χ2v) is 26.2. The van der Waals surface area contributed by atoms with Gasteiger partial charge in [0.05, 0.1) is 82.2 Å². The average molecular weight is 1140 g/mol. The van der Waals surface area contributed by atoms with Crippen LogP contribution in [0.3, 0.4) is 0 Å². The lowest BCUT2D eigenvalue weighted by molar-refractivity contribution is -0.0240. The number of amides is 3. The van der Waals surface area contributed by atoms with Gasteiger partial charge in [-0.25, -0.2) is 14.8 Å². The monoisotopic (exact) mass is 1140 g/mol. The molecule has 6 fully saturated rings. The van der Waals surface area contributed by atoms with Crippen molar-refractivity contribution < 1.29 is 38.1 Å². The molecule has 438 valence electrons. The Hall–Kier alpha value is -7.16. The number of aromatic amines is 2. The second-order valence-electron chi connectivity index (χ2n) is 26.2. The number of benzene rings is 2. The van der Waals surface area contributed by atoms with Gasteiger partial charge in [0.2, 0.25) is 0 Å². The third kappa shape index (κ3) is 9.09. The third-order valence-corrected chi connectivity index (χ3v) is 19.8. The molecule has 4 spiro atoms. The Bertz CT molecular complexity index is 3570. The van der Waals surface area contributed by atoms with Gasteiger partial charge < -0.3 is 54.1 Å². The first-order valence-corrected chi connectivity index (χ1v) is 30.4. The number of pyridine rings is 1. The zero-order valence-corrected chi connectivity index (χ0v) is 48.7. The summed E-state index contributed by atoms with van der Waals surface area (Å²) in [5, 5.41) is 6.82. The number of rotatable bonds is 10. The maximum atomic E-state index is 13.6. The Morgan fingerprint density at radius 3 is 1.70 bits per heavy atom. The predicted octanol–water partition coefficient (Wildman–Crippen LogP) is 6.73. The number of nitrogens with one attached hydrogen (secondary N) is 4. The van der Waals surface area contributed by atoms with E-state index in [-0.39, 0.29) is 39.8 Å². The summed E-state index contributed by atoms with van der Waals surface area (Å²) < 4.78 is 28.5. The van der Waals surface area contributed by atoms with Crippen LogP contribution in [0, 0.1) is 0 Å². The van der Waals surface area contributed by atoms with Gasteiger partial charge in [-0.3, -0.25) is 24.4 Å². The molecule has 6 aromatic rings. The number of morpholine rings is 2. The summed E-state index contributed by atoms with van der Waals surface area (Å²) in [6.45, 7) is 18.8. The minimum Gasteiger partial charge on any atom is -0.492 e. The van der Waals surface area contributed by atoms with E-state index in [1.807, 2.05) is 69.6 Å². The molecule has 3 amide bonds. The van der Waals surface area contributed by atoms with Crippen LogP contribution < -0.4 is 20.1 Å². The van der Waals surface area contributed by atoms with E-state index in [9.17, 15) is 14.4 Å². The first kappa shape index (κ1) is 53.6. The Balaban J connectivity index is 0.000000144. The van der Waals surface area contributed by atoms with Gasteiger partial charge >= 0.3 is 6.09 Å². The number of aryl methyl sites for hydroxylation is 2. The van der Waals surface area contributed by atoms with Crippen LogP contribution in [-0.4, -0.2) is 191 Å². The molecule has 0 atom stereocenters. The van der Waals surface area contributed by atoms with Gasteiger partial charge in [-0.2, -0.15) is 0 Å². The van der Waals surface area contributed by atoms with Crippen molar-refractivity contribution in [3.63, 3.8) is 0 Å². The molecule has 2 aromatic carbocycles. The van der Waals surface area contributed by atoms with Crippen molar-refractivity contribution in [3.8, 4) is 56.8 Å². The largest absolute Gasteiger partial charge is 0.492 e. The number of carbonyl (C=O) groups is 3. The average Bonchev–Trinajstić information content (AvgIpc) is 1.51. The van der Waals surface area contributed by atoms with Gasteiger partial charge in [-0.05, 0) is 156 Å². The van der Waals surface area contributed by atoms with Gasteiger partial charge in [0, 0.05) is 106 Å². The Labute approximate surface area is 489 Å². The summed E-state index contributed by atoms with van der Waals surface area (Å²) >= 11 is 0. The van der Waals surface area contributed by atoms with Crippen molar-refractivity contribution in [2.24, 2.45) is 0 Å². The van der Waals surface area contributed by atoms with Gasteiger partial charge in [0.15, 0.2) is 5.82 Å². The highest BCUT2D eigenvalue weighted by Gasteiger charge is 2.71. The third-order valence-electron chi connectivity index (χ3n) is 19.8. The number of ether oxygens (including phenoxy) is 5. The fourth-order valence-corrected chi connectivity index (χ4v) is 15.0. The van der Waals surface area contributed by atoms with Crippen LogP contribution in [0.25, 0.3) is 45.3 Å². The molecule has 4 aliphatic carbocycles. The second kappa shape index (κ2) is 20.2. The smallest absolute Gasteiger partial charge is 0.410 e. The van der Waals surface area contributed by atoms with E-state index in [4.69, 9.17) is 38.6 Å². The molecule has 0 unspecified atom stereocenters. The number of aromatic nitrogens is 5. The first-order valence-electron chi connectivity index (χ1n) is 30.4. The van der Waals surface area contributed by atoms with Gasteiger partial charge in [0.25, 0.3) is 11.8 Å². The number of likely N-dealkylation sites (N-methyl/N-ethyl adjacent to an activating group) is 1. The molecule has 84 heavy (non-hydrogen) atoms. The number of hydrogen-bond acceptors (Lipinski definition) is 14. The zero-order valence-electron chi connectivity index (χ0n) is 48.7. The van der Waals surface area contributed by atoms with Crippen molar-refractivity contribution in [1.29, 1.82) is 0 Å². The summed E-state index contributed by atoms with van der Waals surface area (Å²) in [7, 11) is 2.16. The molecule has 19 heteroatoms. The van der Waals surface area contributed by atoms with Crippen LogP contribution in [0.4, 0.5) is 4.79 Å². The SMILES string of the molecule is CC(C)(C)OC(=O)N1CC2(C1)c1[nH]c3c(c1C(=O)NC21CC1)CCc1cnc(-c2ccc(OCCN4CCOCC4)cc2)cc1-3.CN1CC2(C1)c1[nH]c3c(c1C(=O)NC21CC1)CCc1cnc(-c2ccc(OCCN4CCOCC4)cc2)nc1-3. The number of hydrogen-bond donors (Lipinski definition) is 4. The van der Waals surface area contributed by atoms with Crippen molar-refractivity contribution in [1.82, 2.24) is 55.2 Å². The van der Waals surface area contributed by atoms with E-state index in [0.717, 1.165) is 220 Å². The fourth-order valence-electron chi connectivity index (χ4n) is 15.0. The lowest BCUT2D eigenvalue weighted by atomic mass is 9.65. The van der Waals surface area contributed by atoms with Crippen LogP contribution in [0.5, 0.6) is 11.5 Å². The molecule has 6 aliphatic heterocycles. The maximum Gasteiger partial charge on any atom is 0.410 e. The lowest BCUT2D eigenvalue weighted by Gasteiger charge is -2.56. The van der Waals surface area contributed by atoms with Gasteiger partial charge in [-0.15, -0.1) is 0 Å². The van der Waals surface area contributed by atoms with Crippen LogP contribution >= 0.6 is 0 Å². The predicted molar refractivity (Wildman–Crippen MR) is 315 cm³/mol. The summed E-state index contributed by atoms with van der Waals surface area (Å²) in [6, 6.07) is 18.3. The van der Waals surface area contributed by atoms with Crippen molar-refractivity contribution in [2.75, 3.05) is 112 Å². The summed E-state index contributed by atoms with van der Waals surface area (Å²) in [6.07, 6.45) is 10.9. The van der Waals surface area contributed by atoms with Gasteiger partial charge in [-0.1, -0.05) is 0 Å². The highest BCUT2D eigenvalue weighted by molar-refractivity contribution is 6.04. The van der Waals surface area contributed by atoms with E-state index in [1.54, 1.807) is 4.90 Å². The molecular formula is C65H75N11O8. The fraction of sp³-hybridized carbons (Fsp3) is 0.508. The topological polar surface area (TPSA) is 205 Å². The number of nitrogens with zero attached hydrogens (tertiary/aromatic N) is 7. The molecule has 2 saturated carbocycles. The molecule has 0 radical (unpaired) electrons. The number of H-pyrrole nitrogens is 2. The molecule has 10 aliphatic rings. The van der Waals surface area contributed by atoms with Crippen molar-refractivity contribution >= 4 is 17.9 Å². The Morgan fingerprint density at radius 2 is 1.15 bits per heavy atom. The van der Waals surface area contributed by atoms with Crippen LogP contribution in [0.2, 0.25) is 0 Å². The van der Waals surface area contributed by atoms with E-state index >= 15 is 0 Å². The van der Waals surface area contributed by atoms with Crippen LogP contribution in [0.15, 0.2) is 67.0 Å². The first-order chi connectivity index (χ1) is 40.7. The Kier molecular flexibility index (Phi) is 12.9. The highest BCUT2D eigenvalue weighted by Crippen LogP contribution is 2.61. The molecular weight excluding hydrogens is 1060 g/mol. The standard InChI is InChI=1S/C35H41N5O5.C30H34N6O3/c1-33(2,3)45-32(42)40-20-34(21-40)30-28(31(41)38-35(34)10-11-35)25-9-6-23-19-36-27(18-26(23)29(25)37-30)22-4-7-24(8-5-22)44-17-14-39-12-15-43-16-13-39;1-35-17-29(18-35)26-23(28(37)34-30(29)8-9-30)22-7-4-20-16-31-27(33-24(20)25(22)32-26)19-2-5-21(6-3-19)39-15-12-36-10-13-38-14-11-36/h4-5,7-8,18-19,37H,6,9-17,20-21H2,1-3H3,(H,38,41);2-3,5-6,16,32H,4,7-15,17-18H2,1H3,(H,34,37). The summed E-state index contributed by atoms with van der Waals surface area (Å²) in [5.74, 6) is 2.47. The number of carbonyl (C=O) groups excluding carboxylic acids is 3. The molecule has 4 N–H and O–H groups in total. The number of likely N-dealkylation sites (tertiary alicyclic amines) is 2. The van der Waals surface area contributed by atoms with Crippen molar-refractivity contribution in [2.45, 2.75) is 99.6 Å². The van der Waals surface area contributed by atoms with E-state index in [0.29, 0.717) is 32.1 Å². The highest BCUT2D eigenvalue weighted by atomic mass is 16.6. The van der Waals surface area contributed by atoms with Crippen molar-refractivity contribution in [3.05, 3.63) is 112 Å². The molecule has 4 aromatic heterocycles. The summed E-state index contributed by atoms with van der Waals surface area (Å²) in [5.41, 5.74) is 13.9. The molecule has 4 saturated heterocycles. The van der Waals surface area contributed by atoms with Gasteiger partial charge in [0.1, 0.15) is 30.3 Å². The van der Waals surface area contributed by atoms with E-state index < -0.39 is 5.60 Å². The van der Waals surface area contributed by atoms with E-state index in [2.05, 4.69) is 60.5 Å². The quantitative estimate of drug-likeness (QED) is 0.112.